The van der Waals surface area contributed by atoms with Gasteiger partial charge >= 0.3 is 5.97 Å². The SMILES string of the molecule is N=C1/C(=C/c2ccc(OC(=O)c3ccc(F)cc3)cc2)C(=O)N=C2SC=CN12. The van der Waals surface area contributed by atoms with Gasteiger partial charge in [0.25, 0.3) is 5.91 Å². The van der Waals surface area contributed by atoms with Crippen molar-refractivity contribution in [2.75, 3.05) is 0 Å². The number of hydrogen-bond donors (Lipinski definition) is 1. The number of fused-ring (bicyclic) bond motifs is 1. The summed E-state index contributed by atoms with van der Waals surface area (Å²) in [6.07, 6.45) is 3.25. The molecule has 4 rings (SSSR count). The summed E-state index contributed by atoms with van der Waals surface area (Å²) >= 11 is 1.29. The highest BCUT2D eigenvalue weighted by atomic mass is 32.2. The van der Waals surface area contributed by atoms with Crippen LogP contribution in [0.3, 0.4) is 0 Å². The van der Waals surface area contributed by atoms with Crippen molar-refractivity contribution in [3.63, 3.8) is 0 Å². The van der Waals surface area contributed by atoms with Crippen LogP contribution in [0.1, 0.15) is 15.9 Å². The van der Waals surface area contributed by atoms with E-state index < -0.39 is 17.7 Å². The number of thioether (sulfide) groups is 1. The fourth-order valence-electron chi connectivity index (χ4n) is 2.58. The molecule has 0 fully saturated rings. The monoisotopic (exact) mass is 393 g/mol. The van der Waals surface area contributed by atoms with Crippen molar-refractivity contribution in [1.82, 2.24) is 4.90 Å². The first kappa shape index (κ1) is 17.9. The van der Waals surface area contributed by atoms with Gasteiger partial charge in [0.05, 0.1) is 11.1 Å². The summed E-state index contributed by atoms with van der Waals surface area (Å²) < 4.78 is 18.2. The molecule has 0 unspecified atom stereocenters. The van der Waals surface area contributed by atoms with Gasteiger partial charge in [0, 0.05) is 6.20 Å². The predicted octanol–water partition coefficient (Wildman–Crippen LogP) is 3.82. The van der Waals surface area contributed by atoms with Crippen LogP contribution < -0.4 is 4.74 Å². The van der Waals surface area contributed by atoms with Gasteiger partial charge in [-0.25, -0.2) is 9.18 Å². The topological polar surface area (TPSA) is 82.8 Å². The second-order valence-electron chi connectivity index (χ2n) is 5.84. The predicted molar refractivity (Wildman–Crippen MR) is 105 cm³/mol. The molecule has 1 N–H and O–H groups in total. The van der Waals surface area contributed by atoms with Crippen LogP contribution in [0.4, 0.5) is 4.39 Å². The molecular weight excluding hydrogens is 381 g/mol. The third kappa shape index (κ3) is 3.49. The van der Waals surface area contributed by atoms with Gasteiger partial charge in [0.2, 0.25) is 0 Å². The van der Waals surface area contributed by atoms with Crippen LogP contribution in [0.2, 0.25) is 0 Å². The van der Waals surface area contributed by atoms with Gasteiger partial charge in [-0.05, 0) is 53.4 Å². The van der Waals surface area contributed by atoms with Crippen molar-refractivity contribution >= 4 is 40.7 Å². The molecule has 0 atom stereocenters. The van der Waals surface area contributed by atoms with E-state index in [0.29, 0.717) is 16.5 Å². The molecule has 0 saturated carbocycles. The lowest BCUT2D eigenvalue weighted by Gasteiger charge is -2.22. The zero-order valence-electron chi connectivity index (χ0n) is 14.3. The van der Waals surface area contributed by atoms with Crippen LogP contribution >= 0.6 is 11.8 Å². The maximum atomic E-state index is 12.9. The van der Waals surface area contributed by atoms with Gasteiger partial charge in [-0.3, -0.25) is 15.1 Å². The van der Waals surface area contributed by atoms with Crippen molar-refractivity contribution in [3.8, 4) is 5.75 Å². The molecule has 0 saturated heterocycles. The van der Waals surface area contributed by atoms with Crippen LogP contribution in [-0.4, -0.2) is 27.8 Å². The highest BCUT2D eigenvalue weighted by Gasteiger charge is 2.30. The number of carbonyl (C=O) groups excluding carboxylic acids is 2. The van der Waals surface area contributed by atoms with Gasteiger partial charge in [0.15, 0.2) is 5.17 Å². The number of halogens is 1. The first-order chi connectivity index (χ1) is 13.5. The molecule has 2 aliphatic heterocycles. The Bertz CT molecular complexity index is 1070. The van der Waals surface area contributed by atoms with E-state index in [4.69, 9.17) is 10.1 Å². The third-order valence-corrected chi connectivity index (χ3v) is 4.75. The first-order valence-corrected chi connectivity index (χ1v) is 9.03. The highest BCUT2D eigenvalue weighted by molar-refractivity contribution is 8.16. The number of ether oxygens (including phenoxy) is 1. The maximum Gasteiger partial charge on any atom is 0.343 e. The summed E-state index contributed by atoms with van der Waals surface area (Å²) in [5.41, 5.74) is 1.06. The summed E-state index contributed by atoms with van der Waals surface area (Å²) in [5.74, 6) is -1.14. The van der Waals surface area contributed by atoms with E-state index in [9.17, 15) is 14.0 Å². The van der Waals surface area contributed by atoms with E-state index in [1.165, 1.54) is 40.9 Å². The van der Waals surface area contributed by atoms with Crippen molar-refractivity contribution in [2.24, 2.45) is 4.99 Å². The van der Waals surface area contributed by atoms with Crippen molar-refractivity contribution in [2.45, 2.75) is 0 Å². The quantitative estimate of drug-likeness (QED) is 0.487. The van der Waals surface area contributed by atoms with E-state index in [2.05, 4.69) is 4.99 Å². The number of carbonyl (C=O) groups is 2. The minimum absolute atomic E-state index is 0.0584. The Morgan fingerprint density at radius 2 is 1.86 bits per heavy atom. The maximum absolute atomic E-state index is 12.9. The lowest BCUT2D eigenvalue weighted by Crippen LogP contribution is -2.35. The number of amidine groups is 2. The molecule has 2 aromatic rings. The molecule has 2 aliphatic rings. The van der Waals surface area contributed by atoms with E-state index in [-0.39, 0.29) is 17.0 Å². The van der Waals surface area contributed by atoms with Crippen LogP contribution in [0.15, 0.2) is 70.7 Å². The highest BCUT2D eigenvalue weighted by Crippen LogP contribution is 2.27. The van der Waals surface area contributed by atoms with Crippen LogP contribution in [0.25, 0.3) is 6.08 Å². The molecule has 8 heteroatoms. The molecule has 2 heterocycles. The molecule has 138 valence electrons. The Kier molecular flexibility index (Phi) is 4.62. The van der Waals surface area contributed by atoms with Crippen molar-refractivity contribution in [3.05, 3.63) is 82.7 Å². The Labute approximate surface area is 163 Å². The number of aliphatic imine (C=N–C) groups is 1. The Hall–Kier alpha value is -3.52. The molecule has 0 spiro atoms. The van der Waals surface area contributed by atoms with Crippen LogP contribution in [0.5, 0.6) is 5.75 Å². The van der Waals surface area contributed by atoms with Gasteiger partial charge in [-0.2, -0.15) is 4.99 Å². The summed E-state index contributed by atoms with van der Waals surface area (Å²) in [5, 5.41) is 10.4. The van der Waals surface area contributed by atoms with E-state index in [0.717, 1.165) is 0 Å². The Morgan fingerprint density at radius 3 is 2.57 bits per heavy atom. The smallest absolute Gasteiger partial charge is 0.343 e. The molecule has 28 heavy (non-hydrogen) atoms. The third-order valence-electron chi connectivity index (χ3n) is 3.99. The molecule has 0 radical (unpaired) electrons. The largest absolute Gasteiger partial charge is 0.423 e. The van der Waals surface area contributed by atoms with E-state index in [1.54, 1.807) is 41.9 Å². The lowest BCUT2D eigenvalue weighted by atomic mass is 10.1. The molecule has 0 bridgehead atoms. The average molecular weight is 393 g/mol. The summed E-state index contributed by atoms with van der Waals surface area (Å²) in [6, 6.07) is 11.5. The van der Waals surface area contributed by atoms with Crippen LogP contribution in [0, 0.1) is 11.2 Å². The average Bonchev–Trinajstić information content (AvgIpc) is 3.15. The number of nitrogens with zero attached hydrogens (tertiary/aromatic N) is 2. The minimum Gasteiger partial charge on any atom is -0.423 e. The number of nitrogens with one attached hydrogen (secondary N) is 1. The number of esters is 1. The molecule has 1 amide bonds. The molecule has 6 nitrogen and oxygen atoms in total. The normalized spacial score (nSPS) is 17.0. The minimum atomic E-state index is -0.601. The Balaban J connectivity index is 1.50. The number of rotatable bonds is 3. The summed E-state index contributed by atoms with van der Waals surface area (Å²) in [6.45, 7) is 0. The zero-order chi connectivity index (χ0) is 19.7. The zero-order valence-corrected chi connectivity index (χ0v) is 15.1. The second-order valence-corrected chi connectivity index (χ2v) is 6.72. The molecular formula is C20H12FN3O3S. The fourth-order valence-corrected chi connectivity index (χ4v) is 3.29. The standard InChI is InChI=1S/C20H12FN3O3S/c21-14-5-3-13(4-6-14)19(26)27-15-7-1-12(2-8-15)11-16-17(22)24-9-10-28-20(24)23-18(16)25/h1-11,22H/b16-11-,22-17?. The van der Waals surface area contributed by atoms with Gasteiger partial charge < -0.3 is 4.74 Å². The van der Waals surface area contributed by atoms with Gasteiger partial charge in [-0.15, -0.1) is 0 Å². The fraction of sp³-hybridized carbons (Fsp3) is 0. The van der Waals surface area contributed by atoms with Gasteiger partial charge in [0.1, 0.15) is 17.4 Å². The molecule has 0 aliphatic carbocycles. The van der Waals surface area contributed by atoms with Crippen molar-refractivity contribution in [1.29, 1.82) is 5.41 Å². The van der Waals surface area contributed by atoms with E-state index >= 15 is 0 Å². The first-order valence-electron chi connectivity index (χ1n) is 8.15. The van der Waals surface area contributed by atoms with Gasteiger partial charge in [-0.1, -0.05) is 23.9 Å². The van der Waals surface area contributed by atoms with Crippen molar-refractivity contribution < 1.29 is 18.7 Å². The number of hydrogen-bond acceptors (Lipinski definition) is 5. The van der Waals surface area contributed by atoms with Crippen LogP contribution in [-0.2, 0) is 4.79 Å². The number of amides is 1. The number of benzene rings is 2. The molecule has 2 aromatic carbocycles. The Morgan fingerprint density at radius 1 is 1.14 bits per heavy atom. The van der Waals surface area contributed by atoms with E-state index in [1.807, 2.05) is 0 Å². The lowest BCUT2D eigenvalue weighted by molar-refractivity contribution is -0.114. The molecule has 0 aromatic heterocycles. The summed E-state index contributed by atoms with van der Waals surface area (Å²) in [4.78, 5) is 29.8. The summed E-state index contributed by atoms with van der Waals surface area (Å²) in [7, 11) is 0. The second kappa shape index (κ2) is 7.24.